The zero-order chi connectivity index (χ0) is 23.3. The molecule has 3 rings (SSSR count). The fraction of sp³-hybridized carbons (Fsp3) is 0.409. The molecule has 0 aliphatic carbocycles. The van der Waals surface area contributed by atoms with E-state index in [2.05, 4.69) is 27.3 Å². The number of thioether (sulfide) groups is 1. The number of para-hydroxylation sites is 1. The molecular weight excluding hydrogens is 448 g/mol. The number of nitrogens with zero attached hydrogens (tertiary/aromatic N) is 5. The molecule has 0 saturated carbocycles. The molecule has 8 nitrogen and oxygen atoms in total. The van der Waals surface area contributed by atoms with E-state index in [0.29, 0.717) is 21.6 Å². The number of aromatic nitrogens is 4. The Labute approximate surface area is 196 Å². The normalized spacial score (nSPS) is 11.0. The number of nitrogens with one attached hydrogen (secondary N) is 1. The van der Waals surface area contributed by atoms with Crippen LogP contribution in [0.3, 0.4) is 0 Å². The second-order valence-electron chi connectivity index (χ2n) is 7.54. The molecule has 10 heteroatoms. The van der Waals surface area contributed by atoms with Crippen LogP contribution in [-0.2, 0) is 16.0 Å². The summed E-state index contributed by atoms with van der Waals surface area (Å²) in [5.74, 6) is 0.128. The quantitative estimate of drug-likeness (QED) is 0.472. The predicted molar refractivity (Wildman–Crippen MR) is 127 cm³/mol. The fourth-order valence-electron chi connectivity index (χ4n) is 3.26. The second-order valence-corrected chi connectivity index (χ2v) is 8.89. The lowest BCUT2D eigenvalue weighted by Gasteiger charge is -2.16. The smallest absolute Gasteiger partial charge is 0.253 e. The lowest BCUT2D eigenvalue weighted by Crippen LogP contribution is -2.36. The van der Waals surface area contributed by atoms with E-state index in [1.54, 1.807) is 35.8 Å². The minimum atomic E-state index is -0.320. The van der Waals surface area contributed by atoms with Gasteiger partial charge in [0.1, 0.15) is 0 Å². The molecule has 0 atom stereocenters. The average molecular weight is 475 g/mol. The van der Waals surface area contributed by atoms with Crippen molar-refractivity contribution in [1.29, 1.82) is 0 Å². The molecular formula is C22H27ClN6O2S. The molecule has 3 aromatic rings. The Morgan fingerprint density at radius 3 is 2.69 bits per heavy atom. The number of hydrogen-bond acceptors (Lipinski definition) is 6. The van der Waals surface area contributed by atoms with E-state index in [9.17, 15) is 9.59 Å². The van der Waals surface area contributed by atoms with Crippen LogP contribution in [0, 0.1) is 13.8 Å². The third-order valence-corrected chi connectivity index (χ3v) is 6.24. The Hall–Kier alpha value is -2.65. The maximum atomic E-state index is 12.5. The number of anilines is 1. The molecule has 2 amide bonds. The van der Waals surface area contributed by atoms with Crippen LogP contribution in [-0.4, -0.2) is 55.6 Å². The lowest BCUT2D eigenvalue weighted by atomic mass is 10.1. The summed E-state index contributed by atoms with van der Waals surface area (Å²) < 4.78 is 1.74. The van der Waals surface area contributed by atoms with Gasteiger partial charge < -0.3 is 10.2 Å². The van der Waals surface area contributed by atoms with Gasteiger partial charge in [-0.05, 0) is 44.4 Å². The topological polar surface area (TPSA) is 92.5 Å². The monoisotopic (exact) mass is 474 g/mol. The Kier molecular flexibility index (Phi) is 8.09. The first-order valence-corrected chi connectivity index (χ1v) is 11.8. The number of rotatable bonds is 9. The maximum absolute atomic E-state index is 12.5. The van der Waals surface area contributed by atoms with E-state index in [0.717, 1.165) is 30.7 Å². The second kappa shape index (κ2) is 10.8. The number of carbonyl (C=O) groups excluding carboxylic acids is 2. The first-order valence-electron chi connectivity index (χ1n) is 10.4. The Balaban J connectivity index is 1.59. The standard InChI is InChI=1S/C22H27ClN6O2S/c1-5-6-9-16-14(2)24-21-26-22(27-29(21)15(16)3)32-13-20(31)28(4)12-19(30)25-18-11-8-7-10-17(18)23/h7-8,10-11H,5-6,9,12-13H2,1-4H3,(H,25,30). The Morgan fingerprint density at radius 2 is 1.97 bits per heavy atom. The number of unbranched alkanes of at least 4 members (excludes halogenated alkanes) is 1. The van der Waals surface area contributed by atoms with Gasteiger partial charge in [0, 0.05) is 18.4 Å². The molecule has 1 N–H and O–H groups in total. The number of halogens is 1. The zero-order valence-corrected chi connectivity index (χ0v) is 20.3. The summed E-state index contributed by atoms with van der Waals surface area (Å²) in [5, 5.41) is 8.16. The summed E-state index contributed by atoms with van der Waals surface area (Å²) >= 11 is 7.28. The van der Waals surface area contributed by atoms with E-state index in [4.69, 9.17) is 11.6 Å². The maximum Gasteiger partial charge on any atom is 0.253 e. The SMILES string of the molecule is CCCCc1c(C)nc2nc(SCC(=O)N(C)CC(=O)Nc3ccccc3Cl)nn2c1C. The molecule has 0 aliphatic rings. The molecule has 0 aliphatic heterocycles. The van der Waals surface area contributed by atoms with Crippen molar-refractivity contribution in [3.8, 4) is 0 Å². The zero-order valence-electron chi connectivity index (χ0n) is 18.7. The van der Waals surface area contributed by atoms with Crippen molar-refractivity contribution in [2.24, 2.45) is 0 Å². The summed E-state index contributed by atoms with van der Waals surface area (Å²) in [6, 6.07) is 6.95. The van der Waals surface area contributed by atoms with Crippen molar-refractivity contribution in [3.63, 3.8) is 0 Å². The van der Waals surface area contributed by atoms with Crippen molar-refractivity contribution < 1.29 is 9.59 Å². The van der Waals surface area contributed by atoms with Crippen LogP contribution >= 0.6 is 23.4 Å². The van der Waals surface area contributed by atoms with Crippen molar-refractivity contribution in [2.75, 3.05) is 24.7 Å². The third kappa shape index (κ3) is 5.77. The first-order chi connectivity index (χ1) is 15.3. The summed E-state index contributed by atoms with van der Waals surface area (Å²) in [6.45, 7) is 6.09. The van der Waals surface area contributed by atoms with Crippen LogP contribution in [0.25, 0.3) is 5.78 Å². The predicted octanol–water partition coefficient (Wildman–Crippen LogP) is 3.93. The van der Waals surface area contributed by atoms with Gasteiger partial charge >= 0.3 is 0 Å². The molecule has 170 valence electrons. The summed E-state index contributed by atoms with van der Waals surface area (Å²) in [4.78, 5) is 35.1. The molecule has 2 heterocycles. The number of aryl methyl sites for hydroxylation is 2. The van der Waals surface area contributed by atoms with E-state index in [1.165, 1.54) is 22.2 Å². The van der Waals surface area contributed by atoms with E-state index < -0.39 is 0 Å². The molecule has 0 fully saturated rings. The highest BCUT2D eigenvalue weighted by Gasteiger charge is 2.17. The average Bonchev–Trinajstić information content (AvgIpc) is 3.16. The molecule has 0 spiro atoms. The van der Waals surface area contributed by atoms with Gasteiger partial charge in [-0.15, -0.1) is 5.10 Å². The first kappa shape index (κ1) is 24.0. The van der Waals surface area contributed by atoms with Gasteiger partial charge in [0.05, 0.1) is 23.0 Å². The van der Waals surface area contributed by atoms with E-state index >= 15 is 0 Å². The Morgan fingerprint density at radius 1 is 1.22 bits per heavy atom. The number of likely N-dealkylation sites (N-methyl/N-ethyl adjacent to an activating group) is 1. The number of benzene rings is 1. The molecule has 2 aromatic heterocycles. The van der Waals surface area contributed by atoms with Crippen LogP contribution in [0.2, 0.25) is 5.02 Å². The summed E-state index contributed by atoms with van der Waals surface area (Å²) in [6.07, 6.45) is 3.16. The molecule has 32 heavy (non-hydrogen) atoms. The van der Waals surface area contributed by atoms with Gasteiger partial charge in [0.15, 0.2) is 0 Å². The Bertz CT molecular complexity index is 1130. The van der Waals surface area contributed by atoms with Crippen LogP contribution in [0.5, 0.6) is 0 Å². The van der Waals surface area contributed by atoms with Gasteiger partial charge in [-0.1, -0.05) is 48.8 Å². The van der Waals surface area contributed by atoms with Crippen LogP contribution in [0.1, 0.15) is 36.7 Å². The highest BCUT2D eigenvalue weighted by molar-refractivity contribution is 7.99. The van der Waals surface area contributed by atoms with Gasteiger partial charge in [-0.2, -0.15) is 4.98 Å². The van der Waals surface area contributed by atoms with Gasteiger partial charge in [0.25, 0.3) is 5.78 Å². The van der Waals surface area contributed by atoms with Crippen molar-refractivity contribution in [1.82, 2.24) is 24.5 Å². The number of fused-ring (bicyclic) bond motifs is 1. The molecule has 0 bridgehead atoms. The molecule has 0 saturated heterocycles. The number of hydrogen-bond donors (Lipinski definition) is 1. The summed E-state index contributed by atoms with van der Waals surface area (Å²) in [5.41, 5.74) is 3.70. The highest BCUT2D eigenvalue weighted by Crippen LogP contribution is 2.21. The largest absolute Gasteiger partial charge is 0.336 e. The number of carbonyl (C=O) groups is 2. The van der Waals surface area contributed by atoms with Crippen LogP contribution in [0.4, 0.5) is 5.69 Å². The van der Waals surface area contributed by atoms with Crippen molar-refractivity contribution >= 4 is 46.6 Å². The minimum absolute atomic E-state index is 0.0795. The summed E-state index contributed by atoms with van der Waals surface area (Å²) in [7, 11) is 1.58. The van der Waals surface area contributed by atoms with E-state index in [-0.39, 0.29) is 24.1 Å². The lowest BCUT2D eigenvalue weighted by molar-refractivity contribution is -0.131. The fourth-order valence-corrected chi connectivity index (χ4v) is 4.20. The van der Waals surface area contributed by atoms with Gasteiger partial charge in [-0.25, -0.2) is 9.50 Å². The van der Waals surface area contributed by atoms with Crippen molar-refractivity contribution in [3.05, 3.63) is 46.2 Å². The minimum Gasteiger partial charge on any atom is -0.336 e. The van der Waals surface area contributed by atoms with Crippen LogP contribution in [0.15, 0.2) is 29.4 Å². The van der Waals surface area contributed by atoms with Crippen molar-refractivity contribution in [2.45, 2.75) is 45.2 Å². The van der Waals surface area contributed by atoms with Crippen LogP contribution < -0.4 is 5.32 Å². The molecule has 0 radical (unpaired) electrons. The number of amides is 2. The molecule has 1 aromatic carbocycles. The van der Waals surface area contributed by atoms with E-state index in [1.807, 2.05) is 13.8 Å². The highest BCUT2D eigenvalue weighted by atomic mass is 35.5. The molecule has 0 unspecified atom stereocenters. The third-order valence-electron chi connectivity index (χ3n) is 5.09. The van der Waals surface area contributed by atoms with Gasteiger partial charge in [-0.3, -0.25) is 9.59 Å². The van der Waals surface area contributed by atoms with Gasteiger partial charge in [0.2, 0.25) is 17.0 Å².